The summed E-state index contributed by atoms with van der Waals surface area (Å²) in [7, 11) is 0. The molecule has 0 radical (unpaired) electrons. The van der Waals surface area contributed by atoms with Gasteiger partial charge in [0.25, 0.3) is 0 Å². The summed E-state index contributed by atoms with van der Waals surface area (Å²) in [6.07, 6.45) is 4.31. The van der Waals surface area contributed by atoms with Crippen LogP contribution in [0, 0.1) is 0 Å². The topological polar surface area (TPSA) is 94.6 Å². The number of fused-ring (bicyclic) bond motifs is 3. The van der Waals surface area contributed by atoms with Gasteiger partial charge in [0, 0.05) is 48.0 Å². The lowest BCUT2D eigenvalue weighted by Gasteiger charge is -2.43. The van der Waals surface area contributed by atoms with Crippen LogP contribution in [0.1, 0.15) is 20.3 Å². The van der Waals surface area contributed by atoms with Crippen LogP contribution in [0.25, 0.3) is 21.8 Å². The number of aliphatic imine (C=N–C) groups is 1. The molecular formula is C23H27ClN6O2. The van der Waals surface area contributed by atoms with Crippen molar-refractivity contribution in [2.45, 2.75) is 31.9 Å². The predicted octanol–water partition coefficient (Wildman–Crippen LogP) is 3.18. The van der Waals surface area contributed by atoms with E-state index in [-0.39, 0.29) is 11.5 Å². The van der Waals surface area contributed by atoms with Gasteiger partial charge >= 0.3 is 0 Å². The number of aromatic amines is 1. The van der Waals surface area contributed by atoms with Crippen LogP contribution in [0.5, 0.6) is 0 Å². The Hall–Kier alpha value is -2.68. The number of benzene rings is 1. The van der Waals surface area contributed by atoms with Crippen LogP contribution in [0.2, 0.25) is 5.02 Å². The summed E-state index contributed by atoms with van der Waals surface area (Å²) in [5, 5.41) is 8.94. The maximum atomic E-state index is 13.4. The minimum absolute atomic E-state index is 0.109. The highest BCUT2D eigenvalue weighted by Gasteiger charge is 2.37. The smallest absolute Gasteiger partial charge is 0.244 e. The third-order valence-corrected chi connectivity index (χ3v) is 6.29. The molecule has 1 atom stereocenters. The van der Waals surface area contributed by atoms with Gasteiger partial charge in [-0.2, -0.15) is 0 Å². The Kier molecular flexibility index (Phi) is 5.53. The fourth-order valence-electron chi connectivity index (χ4n) is 4.53. The summed E-state index contributed by atoms with van der Waals surface area (Å²) >= 11 is 6.40. The molecule has 1 amide bonds. The number of anilines is 1. The fourth-order valence-corrected chi connectivity index (χ4v) is 4.75. The summed E-state index contributed by atoms with van der Waals surface area (Å²) in [6, 6.07) is 5.22. The Bertz CT molecular complexity index is 1200. The molecule has 2 aliphatic heterocycles. The number of ether oxygens (including phenoxy) is 1. The number of nitrogens with one attached hydrogen (secondary N) is 3. The van der Waals surface area contributed by atoms with Crippen molar-refractivity contribution in [3.63, 3.8) is 0 Å². The highest BCUT2D eigenvalue weighted by atomic mass is 35.5. The van der Waals surface area contributed by atoms with Crippen LogP contribution in [0.3, 0.4) is 0 Å². The molecule has 1 fully saturated rings. The van der Waals surface area contributed by atoms with E-state index in [1.807, 2.05) is 12.1 Å². The Morgan fingerprint density at radius 1 is 1.38 bits per heavy atom. The quantitative estimate of drug-likeness (QED) is 0.550. The third kappa shape index (κ3) is 4.18. The van der Waals surface area contributed by atoms with E-state index in [0.717, 1.165) is 53.7 Å². The van der Waals surface area contributed by atoms with Crippen molar-refractivity contribution in [1.29, 1.82) is 0 Å². The molecular weight excluding hydrogens is 428 g/mol. The second-order valence-electron chi connectivity index (χ2n) is 8.97. The number of hydrogen-bond donors (Lipinski definition) is 3. The van der Waals surface area contributed by atoms with Gasteiger partial charge in [-0.05, 0) is 32.0 Å². The van der Waals surface area contributed by atoms with E-state index in [1.165, 1.54) is 0 Å². The van der Waals surface area contributed by atoms with E-state index < -0.39 is 6.04 Å². The van der Waals surface area contributed by atoms with Crippen LogP contribution < -0.4 is 10.6 Å². The highest BCUT2D eigenvalue weighted by molar-refractivity contribution is 6.33. The van der Waals surface area contributed by atoms with Crippen molar-refractivity contribution in [3.8, 4) is 0 Å². The molecule has 0 bridgehead atoms. The predicted molar refractivity (Wildman–Crippen MR) is 128 cm³/mol. The SMILES string of the molecule is CC1(C)CN(CCC2=NCCN2)[C@H](C(=O)Nc2cc(Cl)cc3c2[nH]c2cnccc23)CO1. The first-order valence-electron chi connectivity index (χ1n) is 10.9. The molecule has 1 aromatic carbocycles. The monoisotopic (exact) mass is 454 g/mol. The molecule has 0 saturated carbocycles. The molecule has 3 N–H and O–H groups in total. The molecule has 1 saturated heterocycles. The first-order valence-corrected chi connectivity index (χ1v) is 11.3. The average molecular weight is 455 g/mol. The maximum Gasteiger partial charge on any atom is 0.244 e. The number of hydrogen-bond acceptors (Lipinski definition) is 6. The van der Waals surface area contributed by atoms with Gasteiger partial charge < -0.3 is 20.4 Å². The lowest BCUT2D eigenvalue weighted by Crippen LogP contribution is -2.58. The van der Waals surface area contributed by atoms with Gasteiger partial charge in [0.2, 0.25) is 5.91 Å². The second-order valence-corrected chi connectivity index (χ2v) is 9.41. The number of aromatic nitrogens is 2. The number of H-pyrrole nitrogens is 1. The van der Waals surface area contributed by atoms with Crippen molar-refractivity contribution in [2.75, 3.05) is 38.1 Å². The minimum atomic E-state index is -0.398. The summed E-state index contributed by atoms with van der Waals surface area (Å²) in [5.74, 6) is 0.902. The fraction of sp³-hybridized carbons (Fsp3) is 0.435. The number of nitrogens with zero attached hydrogens (tertiary/aromatic N) is 3. The lowest BCUT2D eigenvalue weighted by molar-refractivity contribution is -0.142. The molecule has 4 heterocycles. The van der Waals surface area contributed by atoms with Crippen LogP contribution in [-0.2, 0) is 9.53 Å². The van der Waals surface area contributed by atoms with Crippen molar-refractivity contribution < 1.29 is 9.53 Å². The molecule has 0 aliphatic carbocycles. The normalized spacial score (nSPS) is 21.0. The molecule has 8 nitrogen and oxygen atoms in total. The largest absolute Gasteiger partial charge is 0.372 e. The second kappa shape index (κ2) is 8.35. The van der Waals surface area contributed by atoms with Crippen LogP contribution in [0.15, 0.2) is 35.6 Å². The van der Waals surface area contributed by atoms with E-state index in [0.29, 0.717) is 23.9 Å². The first kappa shape index (κ1) is 21.2. The number of carbonyl (C=O) groups is 1. The van der Waals surface area contributed by atoms with E-state index in [1.54, 1.807) is 18.5 Å². The minimum Gasteiger partial charge on any atom is -0.372 e. The molecule has 32 heavy (non-hydrogen) atoms. The van der Waals surface area contributed by atoms with Gasteiger partial charge in [-0.25, -0.2) is 0 Å². The zero-order valence-electron chi connectivity index (χ0n) is 18.2. The summed E-state index contributed by atoms with van der Waals surface area (Å²) in [5.41, 5.74) is 2.07. The zero-order chi connectivity index (χ0) is 22.3. The van der Waals surface area contributed by atoms with E-state index in [2.05, 4.69) is 44.3 Å². The summed E-state index contributed by atoms with van der Waals surface area (Å²) in [6.45, 7) is 7.55. The molecule has 3 aromatic rings. The molecule has 2 aliphatic rings. The molecule has 2 aromatic heterocycles. The van der Waals surface area contributed by atoms with Gasteiger partial charge in [-0.3, -0.25) is 19.7 Å². The molecule has 0 spiro atoms. The number of pyridine rings is 1. The van der Waals surface area contributed by atoms with Crippen molar-refractivity contribution in [2.24, 2.45) is 4.99 Å². The Morgan fingerprint density at radius 2 is 2.25 bits per heavy atom. The van der Waals surface area contributed by atoms with Gasteiger partial charge in [0.1, 0.15) is 6.04 Å². The zero-order valence-corrected chi connectivity index (χ0v) is 19.0. The molecule has 5 rings (SSSR count). The van der Waals surface area contributed by atoms with E-state index >= 15 is 0 Å². The van der Waals surface area contributed by atoms with Crippen LogP contribution in [-0.4, -0.2) is 71.0 Å². The molecule has 0 unspecified atom stereocenters. The van der Waals surface area contributed by atoms with Crippen LogP contribution >= 0.6 is 11.6 Å². The van der Waals surface area contributed by atoms with Crippen molar-refractivity contribution in [3.05, 3.63) is 35.6 Å². The number of amidine groups is 1. The van der Waals surface area contributed by atoms with E-state index in [4.69, 9.17) is 16.3 Å². The van der Waals surface area contributed by atoms with Gasteiger partial charge in [-0.15, -0.1) is 0 Å². The van der Waals surface area contributed by atoms with Crippen LogP contribution in [0.4, 0.5) is 5.69 Å². The van der Waals surface area contributed by atoms with Gasteiger partial charge in [0.15, 0.2) is 0 Å². The summed E-state index contributed by atoms with van der Waals surface area (Å²) < 4.78 is 6.01. The van der Waals surface area contributed by atoms with Gasteiger partial charge in [-0.1, -0.05) is 11.6 Å². The Morgan fingerprint density at radius 3 is 3.06 bits per heavy atom. The Balaban J connectivity index is 1.40. The lowest BCUT2D eigenvalue weighted by atomic mass is 10.0. The number of morpholine rings is 1. The van der Waals surface area contributed by atoms with E-state index in [9.17, 15) is 4.79 Å². The van der Waals surface area contributed by atoms with Crippen molar-refractivity contribution >= 4 is 50.8 Å². The maximum absolute atomic E-state index is 13.4. The highest BCUT2D eigenvalue weighted by Crippen LogP contribution is 2.33. The number of halogens is 1. The van der Waals surface area contributed by atoms with Gasteiger partial charge in [0.05, 0.1) is 47.5 Å². The molecule has 9 heteroatoms. The van der Waals surface area contributed by atoms with Crippen molar-refractivity contribution in [1.82, 2.24) is 20.2 Å². The summed E-state index contributed by atoms with van der Waals surface area (Å²) in [4.78, 5) is 27.6. The number of carbonyl (C=O) groups excluding carboxylic acids is 1. The number of amides is 1. The third-order valence-electron chi connectivity index (χ3n) is 6.07. The first-order chi connectivity index (χ1) is 15.4. The standard InChI is InChI=1S/C23H27ClN6O2/c1-23(2)13-30(8-4-20-26-6-7-27-20)19(12-32-23)22(31)29-17-10-14(24)9-16-15-3-5-25-11-18(15)28-21(16)17/h3,5,9-11,19,28H,4,6-8,12-13H2,1-2H3,(H,26,27)(H,29,31)/t19-/m0/s1. The number of rotatable bonds is 5. The average Bonchev–Trinajstić information content (AvgIpc) is 3.39. The Labute approximate surface area is 191 Å². The molecule has 168 valence electrons.